The zero-order valence-corrected chi connectivity index (χ0v) is 12.5. The van der Waals surface area contributed by atoms with Gasteiger partial charge in [-0.25, -0.2) is 4.79 Å². The highest BCUT2D eigenvalue weighted by atomic mass is 16.4. The molecule has 114 valence electrons. The molecule has 1 aliphatic heterocycles. The molecule has 0 aromatic heterocycles. The number of amides is 1. The summed E-state index contributed by atoms with van der Waals surface area (Å²) in [6, 6.07) is 6.28. The topological polar surface area (TPSA) is 77.8 Å². The highest BCUT2D eigenvalue weighted by molar-refractivity contribution is 5.98. The van der Waals surface area contributed by atoms with E-state index in [1.54, 1.807) is 12.1 Å². The summed E-state index contributed by atoms with van der Waals surface area (Å²) in [6.45, 7) is 6.08. The number of benzene rings is 1. The van der Waals surface area contributed by atoms with Gasteiger partial charge in [-0.3, -0.25) is 4.79 Å². The van der Waals surface area contributed by atoms with Gasteiger partial charge in [0.05, 0.1) is 6.10 Å². The SMILES string of the molecule is CC(C)(C)c1ccccc1C(=O)N1CC(O)CC1C(=O)O. The minimum absolute atomic E-state index is 0.0638. The lowest BCUT2D eigenvalue weighted by Gasteiger charge is -2.26. The zero-order chi connectivity index (χ0) is 15.8. The third kappa shape index (κ3) is 3.08. The lowest BCUT2D eigenvalue weighted by Crippen LogP contribution is -2.41. The van der Waals surface area contributed by atoms with Crippen LogP contribution in [0.5, 0.6) is 0 Å². The van der Waals surface area contributed by atoms with Crippen molar-refractivity contribution in [1.82, 2.24) is 4.90 Å². The summed E-state index contributed by atoms with van der Waals surface area (Å²) < 4.78 is 0. The lowest BCUT2D eigenvalue weighted by molar-refractivity contribution is -0.141. The third-order valence-electron chi connectivity index (χ3n) is 3.79. The summed E-state index contributed by atoms with van der Waals surface area (Å²) >= 11 is 0. The van der Waals surface area contributed by atoms with Crippen molar-refractivity contribution in [3.05, 3.63) is 35.4 Å². The zero-order valence-electron chi connectivity index (χ0n) is 12.5. The van der Waals surface area contributed by atoms with Crippen LogP contribution < -0.4 is 0 Å². The van der Waals surface area contributed by atoms with Gasteiger partial charge in [-0.2, -0.15) is 0 Å². The Morgan fingerprint density at radius 1 is 1.24 bits per heavy atom. The van der Waals surface area contributed by atoms with Gasteiger partial charge in [0.2, 0.25) is 0 Å². The van der Waals surface area contributed by atoms with Gasteiger partial charge in [-0.1, -0.05) is 39.0 Å². The van der Waals surface area contributed by atoms with Crippen LogP contribution in [-0.4, -0.2) is 45.7 Å². The highest BCUT2D eigenvalue weighted by Gasteiger charge is 2.40. The molecule has 0 spiro atoms. The van der Waals surface area contributed by atoms with Crippen LogP contribution >= 0.6 is 0 Å². The Hall–Kier alpha value is -1.88. The molecule has 0 aliphatic carbocycles. The number of β-amino-alcohol motifs (C(OH)–C–C–N with tert-alkyl or cyclic N) is 1. The predicted octanol–water partition coefficient (Wildman–Crippen LogP) is 1.64. The molecule has 1 aliphatic rings. The number of likely N-dealkylation sites (tertiary alicyclic amines) is 1. The maximum absolute atomic E-state index is 12.7. The minimum atomic E-state index is -1.08. The molecule has 2 N–H and O–H groups in total. The fourth-order valence-electron chi connectivity index (χ4n) is 2.75. The van der Waals surface area contributed by atoms with Crippen molar-refractivity contribution in [3.63, 3.8) is 0 Å². The van der Waals surface area contributed by atoms with E-state index in [4.69, 9.17) is 0 Å². The van der Waals surface area contributed by atoms with Crippen LogP contribution in [0.1, 0.15) is 43.1 Å². The van der Waals surface area contributed by atoms with Gasteiger partial charge in [-0.15, -0.1) is 0 Å². The van der Waals surface area contributed by atoms with Gasteiger partial charge in [-0.05, 0) is 17.0 Å². The van der Waals surface area contributed by atoms with Gasteiger partial charge in [0.15, 0.2) is 0 Å². The van der Waals surface area contributed by atoms with Crippen LogP contribution in [0.15, 0.2) is 24.3 Å². The Balaban J connectivity index is 2.39. The van der Waals surface area contributed by atoms with Crippen molar-refractivity contribution >= 4 is 11.9 Å². The molecular weight excluding hydrogens is 270 g/mol. The number of rotatable bonds is 2. The number of carboxylic acid groups (broad SMARTS) is 1. The highest BCUT2D eigenvalue weighted by Crippen LogP contribution is 2.29. The van der Waals surface area contributed by atoms with Crippen LogP contribution in [0, 0.1) is 0 Å². The van der Waals surface area contributed by atoms with Gasteiger partial charge in [0.1, 0.15) is 6.04 Å². The van der Waals surface area contributed by atoms with E-state index in [9.17, 15) is 19.8 Å². The van der Waals surface area contributed by atoms with Crippen molar-refractivity contribution in [2.24, 2.45) is 0 Å². The fourth-order valence-corrected chi connectivity index (χ4v) is 2.75. The number of hydrogen-bond donors (Lipinski definition) is 2. The van der Waals surface area contributed by atoms with E-state index >= 15 is 0 Å². The third-order valence-corrected chi connectivity index (χ3v) is 3.79. The molecule has 1 aromatic rings. The number of carbonyl (C=O) groups is 2. The van der Waals surface area contributed by atoms with E-state index in [1.165, 1.54) is 4.90 Å². The molecule has 5 nitrogen and oxygen atoms in total. The van der Waals surface area contributed by atoms with E-state index in [1.807, 2.05) is 32.9 Å². The molecular formula is C16H21NO4. The molecule has 1 fully saturated rings. The molecule has 0 saturated carbocycles. The predicted molar refractivity (Wildman–Crippen MR) is 78.2 cm³/mol. The quantitative estimate of drug-likeness (QED) is 0.868. The molecule has 2 atom stereocenters. The van der Waals surface area contributed by atoms with E-state index in [0.29, 0.717) is 5.56 Å². The molecule has 0 bridgehead atoms. The number of aliphatic hydroxyl groups excluding tert-OH is 1. The van der Waals surface area contributed by atoms with Crippen LogP contribution in [0.25, 0.3) is 0 Å². The molecule has 1 saturated heterocycles. The second kappa shape index (κ2) is 5.48. The normalized spacial score (nSPS) is 22.4. The van der Waals surface area contributed by atoms with Crippen LogP contribution in [0.2, 0.25) is 0 Å². The summed E-state index contributed by atoms with van der Waals surface area (Å²) in [5, 5.41) is 18.9. The van der Waals surface area contributed by atoms with Crippen molar-refractivity contribution < 1.29 is 19.8 Å². The number of nitrogens with zero attached hydrogens (tertiary/aromatic N) is 1. The Morgan fingerprint density at radius 2 is 1.86 bits per heavy atom. The maximum atomic E-state index is 12.7. The number of aliphatic hydroxyl groups is 1. The molecule has 0 radical (unpaired) electrons. The van der Waals surface area contributed by atoms with E-state index < -0.39 is 18.1 Å². The molecule has 1 amide bonds. The first-order valence-corrected chi connectivity index (χ1v) is 7.03. The maximum Gasteiger partial charge on any atom is 0.326 e. The van der Waals surface area contributed by atoms with Crippen molar-refractivity contribution in [1.29, 1.82) is 0 Å². The standard InChI is InChI=1S/C16H21NO4/c1-16(2,3)12-7-5-4-6-11(12)14(19)17-9-10(18)8-13(17)15(20)21/h4-7,10,13,18H,8-9H2,1-3H3,(H,20,21). The second-order valence-corrected chi connectivity index (χ2v) is 6.50. The smallest absolute Gasteiger partial charge is 0.326 e. The second-order valence-electron chi connectivity index (χ2n) is 6.50. The van der Waals surface area contributed by atoms with Gasteiger partial charge >= 0.3 is 5.97 Å². The summed E-state index contributed by atoms with van der Waals surface area (Å²) in [7, 11) is 0. The summed E-state index contributed by atoms with van der Waals surface area (Å²) in [6.07, 6.45) is -0.699. The summed E-state index contributed by atoms with van der Waals surface area (Å²) in [5.74, 6) is -1.40. The first-order chi connectivity index (χ1) is 9.71. The summed E-state index contributed by atoms with van der Waals surface area (Å²) in [5.41, 5.74) is 1.16. The molecule has 2 rings (SSSR count). The molecule has 5 heteroatoms. The van der Waals surface area contributed by atoms with E-state index in [0.717, 1.165) is 5.56 Å². The van der Waals surface area contributed by atoms with Crippen LogP contribution in [0.3, 0.4) is 0 Å². The van der Waals surface area contributed by atoms with Gasteiger partial charge < -0.3 is 15.1 Å². The molecule has 1 heterocycles. The average Bonchev–Trinajstić information content (AvgIpc) is 2.79. The first-order valence-electron chi connectivity index (χ1n) is 7.03. The largest absolute Gasteiger partial charge is 0.480 e. The average molecular weight is 291 g/mol. The first kappa shape index (κ1) is 15.5. The Morgan fingerprint density at radius 3 is 2.43 bits per heavy atom. The number of hydrogen-bond acceptors (Lipinski definition) is 3. The van der Waals surface area contributed by atoms with Gasteiger partial charge in [0, 0.05) is 18.5 Å². The van der Waals surface area contributed by atoms with Crippen molar-refractivity contribution in [2.45, 2.75) is 44.8 Å². The monoisotopic (exact) mass is 291 g/mol. The Bertz CT molecular complexity index is 562. The van der Waals surface area contributed by atoms with Crippen molar-refractivity contribution in [3.8, 4) is 0 Å². The minimum Gasteiger partial charge on any atom is -0.480 e. The molecule has 1 aromatic carbocycles. The lowest BCUT2D eigenvalue weighted by atomic mass is 9.83. The Kier molecular flexibility index (Phi) is 4.05. The fraction of sp³-hybridized carbons (Fsp3) is 0.500. The van der Waals surface area contributed by atoms with Crippen LogP contribution in [0.4, 0.5) is 0 Å². The molecule has 21 heavy (non-hydrogen) atoms. The van der Waals surface area contributed by atoms with E-state index in [2.05, 4.69) is 0 Å². The Labute approximate surface area is 124 Å². The van der Waals surface area contributed by atoms with Crippen LogP contribution in [-0.2, 0) is 10.2 Å². The number of carbonyl (C=O) groups excluding carboxylic acids is 1. The van der Waals surface area contributed by atoms with E-state index in [-0.39, 0.29) is 24.3 Å². The number of aliphatic carboxylic acids is 1. The van der Waals surface area contributed by atoms with Crippen molar-refractivity contribution in [2.75, 3.05) is 6.54 Å². The summed E-state index contributed by atoms with van der Waals surface area (Å²) in [4.78, 5) is 25.3. The van der Waals surface area contributed by atoms with Gasteiger partial charge in [0.25, 0.3) is 5.91 Å². The number of carboxylic acids is 1. The molecule has 2 unspecified atom stereocenters.